The average molecular weight is 252 g/mol. The Kier molecular flexibility index (Phi) is 6.19. The van der Waals surface area contributed by atoms with E-state index >= 15 is 0 Å². The van der Waals surface area contributed by atoms with E-state index in [4.69, 9.17) is 0 Å². The molecule has 0 aliphatic carbocycles. The molecule has 0 fully saturated rings. The quantitative estimate of drug-likeness (QED) is 0.828. The van der Waals surface area contributed by atoms with Crippen molar-refractivity contribution >= 4 is 6.03 Å². The van der Waals surface area contributed by atoms with Crippen LogP contribution >= 0.6 is 0 Å². The van der Waals surface area contributed by atoms with Gasteiger partial charge in [0.1, 0.15) is 5.82 Å². The van der Waals surface area contributed by atoms with Crippen LogP contribution in [0, 0.1) is 5.82 Å². The third-order valence-electron chi connectivity index (χ3n) is 2.61. The Hall–Kier alpha value is -1.58. The molecule has 0 radical (unpaired) electrons. The van der Waals surface area contributed by atoms with Gasteiger partial charge in [-0.1, -0.05) is 26.0 Å². The molecule has 0 aliphatic heterocycles. The summed E-state index contributed by atoms with van der Waals surface area (Å²) in [7, 11) is 0. The smallest absolute Gasteiger partial charge is 0.317 e. The summed E-state index contributed by atoms with van der Waals surface area (Å²) in [4.78, 5) is 13.7. The molecule has 3 nitrogen and oxygen atoms in total. The number of benzene rings is 1. The second kappa shape index (κ2) is 7.69. The number of hydrogen-bond donors (Lipinski definition) is 1. The van der Waals surface area contributed by atoms with E-state index in [2.05, 4.69) is 5.32 Å². The molecule has 100 valence electrons. The summed E-state index contributed by atoms with van der Waals surface area (Å²) in [6.45, 7) is 5.96. The molecule has 0 unspecified atom stereocenters. The lowest BCUT2D eigenvalue weighted by Gasteiger charge is -2.21. The summed E-state index contributed by atoms with van der Waals surface area (Å²) in [5.41, 5.74) is 0.774. The van der Waals surface area contributed by atoms with E-state index in [0.717, 1.165) is 31.5 Å². The van der Waals surface area contributed by atoms with Crippen LogP contribution in [0.25, 0.3) is 0 Å². The van der Waals surface area contributed by atoms with Crippen molar-refractivity contribution in [1.82, 2.24) is 10.2 Å². The SMILES string of the molecule is CCCN(CCC)C(=O)NCc1cccc(F)c1. The van der Waals surface area contributed by atoms with Gasteiger partial charge in [0.2, 0.25) is 0 Å². The van der Waals surface area contributed by atoms with Crippen molar-refractivity contribution in [2.75, 3.05) is 13.1 Å². The normalized spacial score (nSPS) is 10.2. The first-order valence-corrected chi connectivity index (χ1v) is 6.44. The standard InChI is InChI=1S/C14H21FN2O/c1-3-8-17(9-4-2)14(18)16-11-12-6-5-7-13(15)10-12/h5-7,10H,3-4,8-9,11H2,1-2H3,(H,16,18). The minimum atomic E-state index is -0.277. The number of carbonyl (C=O) groups is 1. The van der Waals surface area contributed by atoms with Gasteiger partial charge in [0.15, 0.2) is 0 Å². The maximum Gasteiger partial charge on any atom is 0.317 e. The predicted octanol–water partition coefficient (Wildman–Crippen LogP) is 3.16. The number of nitrogens with one attached hydrogen (secondary N) is 1. The zero-order chi connectivity index (χ0) is 13.4. The Morgan fingerprint density at radius 3 is 2.50 bits per heavy atom. The molecule has 0 saturated heterocycles. The molecule has 2 amide bonds. The number of amides is 2. The van der Waals surface area contributed by atoms with E-state index < -0.39 is 0 Å². The summed E-state index contributed by atoms with van der Waals surface area (Å²) in [5.74, 6) is -0.277. The lowest BCUT2D eigenvalue weighted by atomic mass is 10.2. The van der Waals surface area contributed by atoms with E-state index in [-0.39, 0.29) is 11.8 Å². The first-order chi connectivity index (χ1) is 8.67. The van der Waals surface area contributed by atoms with Crippen LogP contribution in [0.4, 0.5) is 9.18 Å². The second-order valence-corrected chi connectivity index (χ2v) is 4.28. The number of rotatable bonds is 6. The fraction of sp³-hybridized carbons (Fsp3) is 0.500. The lowest BCUT2D eigenvalue weighted by Crippen LogP contribution is -2.40. The maximum absolute atomic E-state index is 13.0. The van der Waals surface area contributed by atoms with Gasteiger partial charge in [-0.3, -0.25) is 0 Å². The van der Waals surface area contributed by atoms with Crippen LogP contribution in [0.1, 0.15) is 32.3 Å². The van der Waals surface area contributed by atoms with Crippen LogP contribution < -0.4 is 5.32 Å². The molecule has 0 aromatic heterocycles. The molecule has 0 atom stereocenters. The Morgan fingerprint density at radius 1 is 1.28 bits per heavy atom. The zero-order valence-corrected chi connectivity index (χ0v) is 11.1. The Labute approximate surface area is 108 Å². The van der Waals surface area contributed by atoms with Gasteiger partial charge in [0, 0.05) is 19.6 Å². The minimum absolute atomic E-state index is 0.0806. The molecule has 0 saturated carbocycles. The molecule has 18 heavy (non-hydrogen) atoms. The Balaban J connectivity index is 2.48. The monoisotopic (exact) mass is 252 g/mol. The van der Waals surface area contributed by atoms with Crippen LogP contribution in [0.2, 0.25) is 0 Å². The minimum Gasteiger partial charge on any atom is -0.334 e. The van der Waals surface area contributed by atoms with Gasteiger partial charge in [-0.2, -0.15) is 0 Å². The summed E-state index contributed by atoms with van der Waals surface area (Å²) in [6, 6.07) is 6.19. The van der Waals surface area contributed by atoms with Crippen molar-refractivity contribution in [2.45, 2.75) is 33.2 Å². The third kappa shape index (κ3) is 4.73. The summed E-state index contributed by atoms with van der Waals surface area (Å²) >= 11 is 0. The van der Waals surface area contributed by atoms with Gasteiger partial charge in [0.05, 0.1) is 0 Å². The number of hydrogen-bond acceptors (Lipinski definition) is 1. The fourth-order valence-electron chi connectivity index (χ4n) is 1.79. The summed E-state index contributed by atoms with van der Waals surface area (Å²) in [6.07, 6.45) is 1.88. The van der Waals surface area contributed by atoms with Crippen molar-refractivity contribution in [3.05, 3.63) is 35.6 Å². The van der Waals surface area contributed by atoms with E-state index in [9.17, 15) is 9.18 Å². The number of urea groups is 1. The van der Waals surface area contributed by atoms with Gasteiger partial charge in [-0.15, -0.1) is 0 Å². The van der Waals surface area contributed by atoms with Gasteiger partial charge in [0.25, 0.3) is 0 Å². The molecule has 1 aromatic carbocycles. The van der Waals surface area contributed by atoms with E-state index in [0.29, 0.717) is 6.54 Å². The first kappa shape index (κ1) is 14.5. The van der Waals surface area contributed by atoms with Crippen molar-refractivity contribution < 1.29 is 9.18 Å². The van der Waals surface area contributed by atoms with Crippen LogP contribution in [0.5, 0.6) is 0 Å². The van der Waals surface area contributed by atoms with Gasteiger partial charge >= 0.3 is 6.03 Å². The number of carbonyl (C=O) groups excluding carboxylic acids is 1. The molecule has 1 N–H and O–H groups in total. The van der Waals surface area contributed by atoms with E-state index in [1.54, 1.807) is 17.0 Å². The molecule has 0 heterocycles. The Bertz CT molecular complexity index is 376. The molecule has 0 aliphatic rings. The molecule has 4 heteroatoms. The van der Waals surface area contributed by atoms with Gasteiger partial charge < -0.3 is 10.2 Å². The third-order valence-corrected chi connectivity index (χ3v) is 2.61. The first-order valence-electron chi connectivity index (χ1n) is 6.44. The number of halogens is 1. The summed E-state index contributed by atoms with van der Waals surface area (Å²) < 4.78 is 13.0. The fourth-order valence-corrected chi connectivity index (χ4v) is 1.79. The van der Waals surface area contributed by atoms with Gasteiger partial charge in [-0.25, -0.2) is 9.18 Å². The largest absolute Gasteiger partial charge is 0.334 e. The second-order valence-electron chi connectivity index (χ2n) is 4.28. The molecule has 0 spiro atoms. The molecule has 1 rings (SSSR count). The predicted molar refractivity (Wildman–Crippen MR) is 70.8 cm³/mol. The average Bonchev–Trinajstić information content (AvgIpc) is 2.36. The van der Waals surface area contributed by atoms with Crippen LogP contribution in [-0.4, -0.2) is 24.0 Å². The van der Waals surface area contributed by atoms with Crippen LogP contribution in [0.15, 0.2) is 24.3 Å². The van der Waals surface area contributed by atoms with Crippen molar-refractivity contribution in [3.8, 4) is 0 Å². The maximum atomic E-state index is 13.0. The molecule has 1 aromatic rings. The summed E-state index contributed by atoms with van der Waals surface area (Å²) in [5, 5.41) is 2.82. The lowest BCUT2D eigenvalue weighted by molar-refractivity contribution is 0.197. The van der Waals surface area contributed by atoms with E-state index in [1.807, 2.05) is 13.8 Å². The van der Waals surface area contributed by atoms with Crippen LogP contribution in [-0.2, 0) is 6.54 Å². The highest BCUT2D eigenvalue weighted by Gasteiger charge is 2.10. The number of nitrogens with zero attached hydrogens (tertiary/aromatic N) is 1. The van der Waals surface area contributed by atoms with Crippen molar-refractivity contribution in [3.63, 3.8) is 0 Å². The van der Waals surface area contributed by atoms with Gasteiger partial charge in [-0.05, 0) is 30.5 Å². The van der Waals surface area contributed by atoms with Crippen LogP contribution in [0.3, 0.4) is 0 Å². The van der Waals surface area contributed by atoms with Crippen molar-refractivity contribution in [2.24, 2.45) is 0 Å². The topological polar surface area (TPSA) is 32.3 Å². The highest BCUT2D eigenvalue weighted by molar-refractivity contribution is 5.74. The molecular formula is C14H21FN2O. The van der Waals surface area contributed by atoms with E-state index in [1.165, 1.54) is 12.1 Å². The highest BCUT2D eigenvalue weighted by atomic mass is 19.1. The van der Waals surface area contributed by atoms with Crippen molar-refractivity contribution in [1.29, 1.82) is 0 Å². The zero-order valence-electron chi connectivity index (χ0n) is 11.1. The highest BCUT2D eigenvalue weighted by Crippen LogP contribution is 2.03. The molecule has 0 bridgehead atoms. The molecular weight excluding hydrogens is 231 g/mol. The Morgan fingerprint density at radius 2 is 1.94 bits per heavy atom.